The Kier molecular flexibility index (Phi) is 6.14. The first kappa shape index (κ1) is 23.5. The third-order valence-electron chi connectivity index (χ3n) is 8.36. The van der Waals surface area contributed by atoms with Crippen LogP contribution in [-0.4, -0.2) is 69.2 Å². The van der Waals surface area contributed by atoms with Gasteiger partial charge in [-0.25, -0.2) is 4.79 Å². The second-order valence-corrected chi connectivity index (χ2v) is 10.5. The summed E-state index contributed by atoms with van der Waals surface area (Å²) in [6, 6.07) is 25.5. The molecule has 6 nitrogen and oxygen atoms in total. The van der Waals surface area contributed by atoms with Gasteiger partial charge in [-0.05, 0) is 51.9 Å². The quantitative estimate of drug-likeness (QED) is 0.477. The van der Waals surface area contributed by atoms with E-state index >= 15 is 0 Å². The highest BCUT2D eigenvalue weighted by molar-refractivity contribution is 5.79. The molecule has 3 aliphatic heterocycles. The van der Waals surface area contributed by atoms with Crippen molar-refractivity contribution in [2.75, 3.05) is 51.0 Å². The highest BCUT2D eigenvalue weighted by Gasteiger charge is 2.40. The number of nitrogens with zero attached hydrogens (tertiary/aromatic N) is 2. The SMILES string of the molecule is O=C(OCC1c2ccccc2-c2ccccc21)N1C2C=C(c3ccc(N4CCOCC4)cc3)CC1COC2. The molecule has 3 aromatic carbocycles. The fraction of sp³-hybridized carbons (Fsp3) is 0.344. The summed E-state index contributed by atoms with van der Waals surface area (Å²) in [7, 11) is 0. The average Bonchev–Trinajstić information content (AvgIpc) is 3.29. The van der Waals surface area contributed by atoms with E-state index in [0.717, 1.165) is 32.7 Å². The van der Waals surface area contributed by atoms with Gasteiger partial charge in [-0.3, -0.25) is 4.90 Å². The minimum atomic E-state index is -0.247. The van der Waals surface area contributed by atoms with Gasteiger partial charge in [-0.15, -0.1) is 0 Å². The molecule has 38 heavy (non-hydrogen) atoms. The molecule has 1 aliphatic carbocycles. The lowest BCUT2D eigenvalue weighted by atomic mass is 9.90. The molecule has 0 aromatic heterocycles. The lowest BCUT2D eigenvalue weighted by Crippen LogP contribution is -2.56. The summed E-state index contributed by atoms with van der Waals surface area (Å²) in [5.41, 5.74) is 8.65. The Bertz CT molecular complexity index is 1320. The Balaban J connectivity index is 1.07. The van der Waals surface area contributed by atoms with Gasteiger partial charge in [0, 0.05) is 24.7 Å². The van der Waals surface area contributed by atoms with Crippen molar-refractivity contribution >= 4 is 17.4 Å². The van der Waals surface area contributed by atoms with E-state index in [1.807, 2.05) is 4.90 Å². The van der Waals surface area contributed by atoms with E-state index < -0.39 is 0 Å². The molecule has 0 saturated carbocycles. The Morgan fingerprint density at radius 3 is 2.21 bits per heavy atom. The lowest BCUT2D eigenvalue weighted by Gasteiger charge is -2.44. The van der Waals surface area contributed by atoms with Crippen molar-refractivity contribution in [3.63, 3.8) is 0 Å². The number of hydrogen-bond donors (Lipinski definition) is 0. The molecule has 2 fully saturated rings. The second-order valence-electron chi connectivity index (χ2n) is 10.5. The fourth-order valence-corrected chi connectivity index (χ4v) is 6.47. The molecule has 0 N–H and O–H groups in total. The first-order valence-corrected chi connectivity index (χ1v) is 13.6. The number of hydrogen-bond acceptors (Lipinski definition) is 5. The van der Waals surface area contributed by atoms with Crippen molar-refractivity contribution in [2.24, 2.45) is 0 Å². The Morgan fingerprint density at radius 2 is 1.53 bits per heavy atom. The molecule has 2 unspecified atom stereocenters. The van der Waals surface area contributed by atoms with E-state index in [4.69, 9.17) is 14.2 Å². The van der Waals surface area contributed by atoms with Crippen LogP contribution in [0.5, 0.6) is 0 Å². The van der Waals surface area contributed by atoms with Gasteiger partial charge < -0.3 is 19.1 Å². The second kappa shape index (κ2) is 9.93. The number of fused-ring (bicyclic) bond motifs is 5. The van der Waals surface area contributed by atoms with Crippen LogP contribution in [-0.2, 0) is 14.2 Å². The molecule has 3 heterocycles. The molecular weight excluding hydrogens is 476 g/mol. The van der Waals surface area contributed by atoms with Gasteiger partial charge in [0.05, 0.1) is 38.5 Å². The maximum absolute atomic E-state index is 13.5. The summed E-state index contributed by atoms with van der Waals surface area (Å²) in [5.74, 6) is 0.0586. The monoisotopic (exact) mass is 508 g/mol. The van der Waals surface area contributed by atoms with Crippen molar-refractivity contribution in [1.82, 2.24) is 4.90 Å². The lowest BCUT2D eigenvalue weighted by molar-refractivity contribution is -0.0331. The minimum absolute atomic E-state index is 0.0247. The molecule has 4 aliphatic rings. The van der Waals surface area contributed by atoms with Crippen LogP contribution in [0.15, 0.2) is 78.9 Å². The molecule has 6 heteroatoms. The zero-order valence-corrected chi connectivity index (χ0v) is 21.4. The molecule has 2 saturated heterocycles. The maximum atomic E-state index is 13.5. The number of carbonyl (C=O) groups is 1. The molecule has 0 radical (unpaired) electrons. The number of morpholine rings is 2. The van der Waals surface area contributed by atoms with Gasteiger partial charge in [0.2, 0.25) is 0 Å². The largest absolute Gasteiger partial charge is 0.448 e. The van der Waals surface area contributed by atoms with Crippen LogP contribution in [0.2, 0.25) is 0 Å². The summed E-state index contributed by atoms with van der Waals surface area (Å²) < 4.78 is 17.4. The molecule has 0 spiro atoms. The highest BCUT2D eigenvalue weighted by Crippen LogP contribution is 2.44. The molecule has 1 amide bonds. The van der Waals surface area contributed by atoms with E-state index in [-0.39, 0.29) is 24.1 Å². The van der Waals surface area contributed by atoms with E-state index in [9.17, 15) is 4.79 Å². The van der Waals surface area contributed by atoms with Crippen molar-refractivity contribution < 1.29 is 19.0 Å². The van der Waals surface area contributed by atoms with E-state index in [0.29, 0.717) is 19.8 Å². The minimum Gasteiger partial charge on any atom is -0.448 e. The fourth-order valence-electron chi connectivity index (χ4n) is 6.47. The van der Waals surface area contributed by atoms with Crippen LogP contribution in [0.4, 0.5) is 10.5 Å². The van der Waals surface area contributed by atoms with Gasteiger partial charge in [0.25, 0.3) is 0 Å². The molecular formula is C32H32N2O4. The van der Waals surface area contributed by atoms with Crippen molar-refractivity contribution in [1.29, 1.82) is 0 Å². The van der Waals surface area contributed by atoms with Gasteiger partial charge in [0.15, 0.2) is 0 Å². The number of benzene rings is 3. The first-order chi connectivity index (χ1) is 18.8. The molecule has 7 rings (SSSR count). The van der Waals surface area contributed by atoms with E-state index in [1.165, 1.54) is 39.1 Å². The van der Waals surface area contributed by atoms with Crippen LogP contribution in [0.3, 0.4) is 0 Å². The molecule has 3 aromatic rings. The number of carbonyl (C=O) groups excluding carboxylic acids is 1. The standard InChI is InChI=1S/C32H32N2O4/c35-32(38-21-31-29-7-3-1-5-27(29)28-6-2-4-8-30(28)31)34-25-17-23(18-26(34)20-37-19-25)22-9-11-24(12-10-22)33-13-15-36-16-14-33/h1-12,17,25-26,31H,13-16,18-21H2. The molecule has 2 bridgehead atoms. The van der Waals surface area contributed by atoms with E-state index in [2.05, 4.69) is 83.8 Å². The van der Waals surface area contributed by atoms with Crippen LogP contribution in [0, 0.1) is 0 Å². The predicted octanol–water partition coefficient (Wildman–Crippen LogP) is 5.33. The smallest absolute Gasteiger partial charge is 0.410 e. The maximum Gasteiger partial charge on any atom is 0.410 e. The zero-order valence-electron chi connectivity index (χ0n) is 21.4. The van der Waals surface area contributed by atoms with E-state index in [1.54, 1.807) is 0 Å². The van der Waals surface area contributed by atoms with Crippen molar-refractivity contribution in [3.8, 4) is 11.1 Å². The summed E-state index contributed by atoms with van der Waals surface area (Å²) in [6.45, 7) is 4.78. The number of rotatable bonds is 4. The number of anilines is 1. The third-order valence-corrected chi connectivity index (χ3v) is 8.36. The summed E-state index contributed by atoms with van der Waals surface area (Å²) in [6.07, 6.45) is 2.71. The first-order valence-electron chi connectivity index (χ1n) is 13.6. The summed E-state index contributed by atoms with van der Waals surface area (Å²) in [4.78, 5) is 17.7. The number of ether oxygens (including phenoxy) is 3. The van der Waals surface area contributed by atoms with Gasteiger partial charge in [0.1, 0.15) is 6.61 Å². The van der Waals surface area contributed by atoms with Crippen LogP contribution < -0.4 is 4.90 Å². The third kappa shape index (κ3) is 4.18. The zero-order chi connectivity index (χ0) is 25.5. The Hall–Kier alpha value is -3.61. The number of amides is 1. The normalized spacial score (nSPS) is 22.5. The van der Waals surface area contributed by atoms with Gasteiger partial charge >= 0.3 is 6.09 Å². The topological polar surface area (TPSA) is 51.2 Å². The van der Waals surface area contributed by atoms with Crippen LogP contribution in [0.25, 0.3) is 16.7 Å². The molecule has 2 atom stereocenters. The summed E-state index contributed by atoms with van der Waals surface area (Å²) in [5, 5.41) is 0. The summed E-state index contributed by atoms with van der Waals surface area (Å²) >= 11 is 0. The predicted molar refractivity (Wildman–Crippen MR) is 147 cm³/mol. The highest BCUT2D eigenvalue weighted by atomic mass is 16.6. The van der Waals surface area contributed by atoms with Gasteiger partial charge in [-0.2, -0.15) is 0 Å². The van der Waals surface area contributed by atoms with Crippen LogP contribution >= 0.6 is 0 Å². The van der Waals surface area contributed by atoms with Crippen molar-refractivity contribution in [2.45, 2.75) is 24.4 Å². The molecule has 194 valence electrons. The van der Waals surface area contributed by atoms with Crippen molar-refractivity contribution in [3.05, 3.63) is 95.6 Å². The van der Waals surface area contributed by atoms with Gasteiger partial charge in [-0.1, -0.05) is 66.7 Å². The van der Waals surface area contributed by atoms with Crippen LogP contribution in [0.1, 0.15) is 29.0 Å². The Morgan fingerprint density at radius 1 is 0.842 bits per heavy atom. The average molecular weight is 509 g/mol. The Labute approximate surface area is 223 Å².